The molecule has 1 aromatic carbocycles. The topological polar surface area (TPSA) is 104 Å². The summed E-state index contributed by atoms with van der Waals surface area (Å²) in [5.41, 5.74) is 2.88. The molecule has 3 rings (SSSR count). The molecule has 7 nitrogen and oxygen atoms in total. The molecule has 2 aromatic heterocycles. The number of nitrogens with one attached hydrogen (secondary N) is 2. The SMILES string of the molecule is Cc1cc(CC(=O)Nc2ccc3nc(C(C)O)[nH]c3c2)on1. The molecule has 22 heavy (non-hydrogen) atoms. The van der Waals surface area contributed by atoms with E-state index in [1.807, 2.05) is 0 Å². The van der Waals surface area contributed by atoms with Gasteiger partial charge >= 0.3 is 0 Å². The summed E-state index contributed by atoms with van der Waals surface area (Å²) >= 11 is 0. The van der Waals surface area contributed by atoms with Crippen LogP contribution in [0.15, 0.2) is 28.8 Å². The van der Waals surface area contributed by atoms with Gasteiger partial charge in [0.15, 0.2) is 0 Å². The highest BCUT2D eigenvalue weighted by Gasteiger charge is 2.11. The summed E-state index contributed by atoms with van der Waals surface area (Å²) in [6.45, 7) is 3.44. The Kier molecular flexibility index (Phi) is 3.64. The molecule has 0 aliphatic heterocycles. The third kappa shape index (κ3) is 2.99. The number of hydrogen-bond acceptors (Lipinski definition) is 5. The van der Waals surface area contributed by atoms with Gasteiger partial charge in [-0.1, -0.05) is 5.16 Å². The number of carbonyl (C=O) groups is 1. The van der Waals surface area contributed by atoms with Crippen LogP contribution in [0.2, 0.25) is 0 Å². The van der Waals surface area contributed by atoms with Crippen molar-refractivity contribution >= 4 is 22.6 Å². The van der Waals surface area contributed by atoms with Crippen LogP contribution in [0.25, 0.3) is 11.0 Å². The highest BCUT2D eigenvalue weighted by molar-refractivity contribution is 5.94. The van der Waals surface area contributed by atoms with Crippen molar-refractivity contribution in [1.82, 2.24) is 15.1 Å². The number of aromatic amines is 1. The second-order valence-electron chi connectivity index (χ2n) is 5.19. The average molecular weight is 300 g/mol. The van der Waals surface area contributed by atoms with Gasteiger partial charge in [-0.2, -0.15) is 0 Å². The summed E-state index contributed by atoms with van der Waals surface area (Å²) < 4.78 is 5.02. The summed E-state index contributed by atoms with van der Waals surface area (Å²) in [5, 5.41) is 16.1. The van der Waals surface area contributed by atoms with Crippen molar-refractivity contribution in [2.75, 3.05) is 5.32 Å². The molecule has 0 bridgehead atoms. The third-order valence-corrected chi connectivity index (χ3v) is 3.19. The second kappa shape index (κ2) is 5.61. The summed E-state index contributed by atoms with van der Waals surface area (Å²) in [5.74, 6) is 0.829. The van der Waals surface area contributed by atoms with E-state index >= 15 is 0 Å². The fourth-order valence-corrected chi connectivity index (χ4v) is 2.17. The Labute approximate surface area is 126 Å². The minimum Gasteiger partial charge on any atom is -0.385 e. The molecule has 3 N–H and O–H groups in total. The van der Waals surface area contributed by atoms with E-state index < -0.39 is 6.10 Å². The van der Waals surface area contributed by atoms with E-state index in [0.29, 0.717) is 17.3 Å². The number of nitrogens with zero attached hydrogens (tertiary/aromatic N) is 2. The van der Waals surface area contributed by atoms with Crippen molar-refractivity contribution < 1.29 is 14.4 Å². The molecule has 1 amide bonds. The number of H-pyrrole nitrogens is 1. The molecule has 0 fully saturated rings. The van der Waals surface area contributed by atoms with Gasteiger partial charge in [0, 0.05) is 11.8 Å². The molecule has 1 unspecified atom stereocenters. The molecular formula is C15H16N4O3. The van der Waals surface area contributed by atoms with Crippen molar-refractivity contribution in [3.63, 3.8) is 0 Å². The lowest BCUT2D eigenvalue weighted by molar-refractivity contribution is -0.115. The fourth-order valence-electron chi connectivity index (χ4n) is 2.17. The zero-order valence-corrected chi connectivity index (χ0v) is 12.3. The molecule has 2 heterocycles. The van der Waals surface area contributed by atoms with Gasteiger partial charge in [-0.25, -0.2) is 4.98 Å². The van der Waals surface area contributed by atoms with Gasteiger partial charge in [0.1, 0.15) is 17.7 Å². The molecule has 0 spiro atoms. The molecule has 7 heteroatoms. The number of hydrogen-bond donors (Lipinski definition) is 3. The summed E-state index contributed by atoms with van der Waals surface area (Å²) in [4.78, 5) is 19.3. The van der Waals surface area contributed by atoms with E-state index in [9.17, 15) is 9.90 Å². The average Bonchev–Trinajstić information content (AvgIpc) is 3.04. The summed E-state index contributed by atoms with van der Waals surface area (Å²) in [6, 6.07) is 7.05. The summed E-state index contributed by atoms with van der Waals surface area (Å²) in [6.07, 6.45) is -0.541. The monoisotopic (exact) mass is 300 g/mol. The van der Waals surface area contributed by atoms with Crippen molar-refractivity contribution in [2.45, 2.75) is 26.4 Å². The number of imidazole rings is 1. The second-order valence-corrected chi connectivity index (χ2v) is 5.19. The normalized spacial score (nSPS) is 12.5. The Morgan fingerprint density at radius 3 is 2.95 bits per heavy atom. The number of anilines is 1. The van der Waals surface area contributed by atoms with Gasteiger partial charge in [0.2, 0.25) is 5.91 Å². The van der Waals surface area contributed by atoms with Crippen LogP contribution in [0, 0.1) is 6.92 Å². The number of aromatic nitrogens is 3. The quantitative estimate of drug-likeness (QED) is 0.684. The van der Waals surface area contributed by atoms with Gasteiger partial charge in [-0.05, 0) is 32.0 Å². The minimum atomic E-state index is -0.667. The highest BCUT2D eigenvalue weighted by Crippen LogP contribution is 2.20. The number of fused-ring (bicyclic) bond motifs is 1. The van der Waals surface area contributed by atoms with Crippen molar-refractivity contribution in [2.24, 2.45) is 0 Å². The summed E-state index contributed by atoms with van der Waals surface area (Å²) in [7, 11) is 0. The van der Waals surface area contributed by atoms with Gasteiger partial charge in [0.25, 0.3) is 0 Å². The van der Waals surface area contributed by atoms with Gasteiger partial charge < -0.3 is 19.9 Å². The number of benzene rings is 1. The van der Waals surface area contributed by atoms with Crippen LogP contribution >= 0.6 is 0 Å². The van der Waals surface area contributed by atoms with Crippen LogP contribution in [0.5, 0.6) is 0 Å². The van der Waals surface area contributed by atoms with Crippen LogP contribution in [-0.2, 0) is 11.2 Å². The lowest BCUT2D eigenvalue weighted by Crippen LogP contribution is -2.13. The third-order valence-electron chi connectivity index (χ3n) is 3.19. The predicted molar refractivity (Wildman–Crippen MR) is 80.3 cm³/mol. The molecule has 0 aliphatic rings. The smallest absolute Gasteiger partial charge is 0.232 e. The fraction of sp³-hybridized carbons (Fsp3) is 0.267. The number of rotatable bonds is 4. The van der Waals surface area contributed by atoms with Crippen molar-refractivity contribution in [3.8, 4) is 0 Å². The molecule has 114 valence electrons. The maximum absolute atomic E-state index is 12.0. The molecule has 3 aromatic rings. The Bertz CT molecular complexity index is 819. The van der Waals surface area contributed by atoms with Crippen LogP contribution in [0.3, 0.4) is 0 Å². The van der Waals surface area contributed by atoms with E-state index in [1.54, 1.807) is 38.1 Å². The molecular weight excluding hydrogens is 284 g/mol. The first-order chi connectivity index (χ1) is 10.5. The minimum absolute atomic E-state index is 0.126. The van der Waals surface area contributed by atoms with Crippen LogP contribution in [-0.4, -0.2) is 26.1 Å². The number of carbonyl (C=O) groups excluding carboxylic acids is 1. The molecule has 0 saturated heterocycles. The van der Waals surface area contributed by atoms with Gasteiger partial charge in [-0.3, -0.25) is 4.79 Å². The Hall–Kier alpha value is -2.67. The zero-order valence-electron chi connectivity index (χ0n) is 12.3. The van der Waals surface area contributed by atoms with Crippen LogP contribution < -0.4 is 5.32 Å². The Balaban J connectivity index is 1.74. The molecule has 0 radical (unpaired) electrons. The molecule has 1 atom stereocenters. The molecule has 0 saturated carbocycles. The number of aryl methyl sites for hydroxylation is 1. The maximum Gasteiger partial charge on any atom is 0.232 e. The van der Waals surface area contributed by atoms with Crippen LogP contribution in [0.4, 0.5) is 5.69 Å². The zero-order chi connectivity index (χ0) is 15.7. The standard InChI is InChI=1S/C15H16N4O3/c1-8-5-11(22-19-8)7-14(21)16-10-3-4-12-13(6-10)18-15(17-12)9(2)20/h3-6,9,20H,7H2,1-2H3,(H,16,21)(H,17,18). The lowest BCUT2D eigenvalue weighted by Gasteiger charge is -2.03. The Morgan fingerprint density at radius 2 is 2.27 bits per heavy atom. The van der Waals surface area contributed by atoms with E-state index in [4.69, 9.17) is 4.52 Å². The van der Waals surface area contributed by atoms with Crippen molar-refractivity contribution in [3.05, 3.63) is 41.5 Å². The highest BCUT2D eigenvalue weighted by atomic mass is 16.5. The van der Waals surface area contributed by atoms with Gasteiger partial charge in [0.05, 0.1) is 23.1 Å². The van der Waals surface area contributed by atoms with Crippen molar-refractivity contribution in [1.29, 1.82) is 0 Å². The first kappa shape index (κ1) is 14.3. The van der Waals surface area contributed by atoms with E-state index in [2.05, 4.69) is 20.4 Å². The van der Waals surface area contributed by atoms with Gasteiger partial charge in [-0.15, -0.1) is 0 Å². The first-order valence-corrected chi connectivity index (χ1v) is 6.91. The number of aliphatic hydroxyl groups is 1. The maximum atomic E-state index is 12.0. The van der Waals surface area contributed by atoms with Crippen LogP contribution in [0.1, 0.15) is 30.3 Å². The predicted octanol–water partition coefficient (Wildman–Crippen LogP) is 2.09. The lowest BCUT2D eigenvalue weighted by atomic mass is 10.2. The number of amides is 1. The van der Waals surface area contributed by atoms with E-state index in [0.717, 1.165) is 16.7 Å². The molecule has 0 aliphatic carbocycles. The first-order valence-electron chi connectivity index (χ1n) is 6.91. The number of aliphatic hydroxyl groups excluding tert-OH is 1. The van der Waals surface area contributed by atoms with E-state index in [1.165, 1.54) is 0 Å². The Morgan fingerprint density at radius 1 is 1.45 bits per heavy atom. The van der Waals surface area contributed by atoms with E-state index in [-0.39, 0.29) is 12.3 Å². The largest absolute Gasteiger partial charge is 0.385 e.